The van der Waals surface area contributed by atoms with Crippen LogP contribution in [-0.2, 0) is 29.6 Å². The summed E-state index contributed by atoms with van der Waals surface area (Å²) in [6, 6.07) is 12.9. The number of alkyl carbamates (subject to hydrolysis) is 1. The molecule has 3 heterocycles. The van der Waals surface area contributed by atoms with Crippen molar-refractivity contribution in [3.8, 4) is 0 Å². The third-order valence-corrected chi connectivity index (χ3v) is 14.5. The number of sulfone groups is 1. The Balaban J connectivity index is 1.11. The minimum absolute atomic E-state index is 0.0230. The highest BCUT2D eigenvalue weighted by Gasteiger charge is 2.53. The average Bonchev–Trinajstić information content (AvgIpc) is 3.62. The van der Waals surface area contributed by atoms with Crippen molar-refractivity contribution in [2.75, 3.05) is 64.4 Å². The predicted octanol–water partition coefficient (Wildman–Crippen LogP) is 4.62. The van der Waals surface area contributed by atoms with Gasteiger partial charge in [-0.05, 0) is 111 Å². The maximum atomic E-state index is 16.2. The molecule has 14 heteroatoms. The number of carbonyl (C=O) groups is 3. The summed E-state index contributed by atoms with van der Waals surface area (Å²) in [5.74, 6) is -0.889. The van der Waals surface area contributed by atoms with Crippen LogP contribution in [0.25, 0.3) is 0 Å². The van der Waals surface area contributed by atoms with Gasteiger partial charge < -0.3 is 25.2 Å². The molecule has 0 unspecified atom stereocenters. The SMILES string of the molecule is C=CC(=O)N1CCC[C@H](S(=O)(=O)c2ccc(N3CC(F)(CN4CCC([C@@](CNC(C)=O)(c5cccc(F)c5)[C@H]5CCC[C@@H]5NC(=O)OC)CC4)C3)cc2)C1. The quantitative estimate of drug-likeness (QED) is 0.300. The van der Waals surface area contributed by atoms with E-state index < -0.39 is 32.3 Å². The van der Waals surface area contributed by atoms with Crippen LogP contribution in [0, 0.1) is 17.7 Å². The van der Waals surface area contributed by atoms with Gasteiger partial charge in [-0.3, -0.25) is 14.5 Å². The van der Waals surface area contributed by atoms with Crippen molar-refractivity contribution in [1.82, 2.24) is 20.4 Å². The van der Waals surface area contributed by atoms with Crippen molar-refractivity contribution in [3.63, 3.8) is 0 Å². The fraction of sp³-hybridized carbons (Fsp3) is 0.575. The number of nitrogens with zero attached hydrogens (tertiary/aromatic N) is 3. The number of benzene rings is 2. The lowest BCUT2D eigenvalue weighted by Crippen LogP contribution is -2.65. The highest BCUT2D eigenvalue weighted by Crippen LogP contribution is 2.50. The summed E-state index contributed by atoms with van der Waals surface area (Å²) in [6.07, 6.45) is 5.57. The van der Waals surface area contributed by atoms with Crippen molar-refractivity contribution in [2.24, 2.45) is 11.8 Å². The van der Waals surface area contributed by atoms with E-state index in [2.05, 4.69) is 22.1 Å². The lowest BCUT2D eigenvalue weighted by molar-refractivity contribution is -0.126. The summed E-state index contributed by atoms with van der Waals surface area (Å²) < 4.78 is 62.9. The third-order valence-electron chi connectivity index (χ3n) is 12.3. The molecule has 0 spiro atoms. The number of piperidine rings is 2. The highest BCUT2D eigenvalue weighted by molar-refractivity contribution is 7.92. The summed E-state index contributed by atoms with van der Waals surface area (Å²) in [7, 11) is -2.33. The summed E-state index contributed by atoms with van der Waals surface area (Å²) in [5.41, 5.74) is -0.589. The van der Waals surface area contributed by atoms with E-state index in [4.69, 9.17) is 4.74 Å². The van der Waals surface area contributed by atoms with Crippen LogP contribution in [0.15, 0.2) is 66.1 Å². The van der Waals surface area contributed by atoms with Gasteiger partial charge in [0, 0.05) is 50.2 Å². The molecule has 2 N–H and O–H groups in total. The highest BCUT2D eigenvalue weighted by atomic mass is 32.2. The van der Waals surface area contributed by atoms with Crippen LogP contribution in [-0.4, -0.2) is 113 Å². The van der Waals surface area contributed by atoms with Crippen LogP contribution in [0.1, 0.15) is 57.4 Å². The Morgan fingerprint density at radius 2 is 1.74 bits per heavy atom. The van der Waals surface area contributed by atoms with Gasteiger partial charge in [0.2, 0.25) is 11.8 Å². The molecule has 3 aliphatic heterocycles. The van der Waals surface area contributed by atoms with Gasteiger partial charge in [0.25, 0.3) is 0 Å². The predicted molar refractivity (Wildman–Crippen MR) is 202 cm³/mol. The number of ether oxygens (including phenoxy) is 1. The van der Waals surface area contributed by atoms with Gasteiger partial charge in [-0.15, -0.1) is 0 Å². The van der Waals surface area contributed by atoms with Crippen LogP contribution in [0.4, 0.5) is 19.3 Å². The van der Waals surface area contributed by atoms with E-state index in [-0.39, 0.29) is 73.1 Å². The van der Waals surface area contributed by atoms with Gasteiger partial charge in [0.05, 0.1) is 30.3 Å². The third kappa shape index (κ3) is 8.29. The summed E-state index contributed by atoms with van der Waals surface area (Å²) in [5, 5.41) is 5.39. The molecule has 4 atom stereocenters. The molecule has 0 bridgehead atoms. The van der Waals surface area contributed by atoms with Crippen LogP contribution in [0.5, 0.6) is 0 Å². The standard InChI is InChI=1S/C40H53F2N5O6S/c1-4-37(49)46-19-7-10-34(23-46)54(51,52)33-15-13-32(14-16-33)47-26-39(42,27-47)25-45-20-17-29(18-21-45)40(24-43-28(2)48,30-8-5-9-31(41)22-30)35-11-6-12-36(35)44-38(50)53-3/h4-5,8-9,13-16,22,29,34-36H,1,6-7,10-12,17-21,23-27H2,2-3H3,(H,43,48)(H,44,50)/t34-,35-,36-,40-/m0/s1. The number of carbonyl (C=O) groups excluding carboxylic acids is 3. The largest absolute Gasteiger partial charge is 0.453 e. The number of amides is 3. The molecule has 4 fully saturated rings. The van der Waals surface area contributed by atoms with Gasteiger partial charge >= 0.3 is 6.09 Å². The first kappa shape index (κ1) is 39.6. The van der Waals surface area contributed by atoms with E-state index >= 15 is 4.39 Å². The summed E-state index contributed by atoms with van der Waals surface area (Å²) in [6.45, 7) is 7.78. The van der Waals surface area contributed by atoms with Crippen molar-refractivity contribution < 1.29 is 36.3 Å². The second kappa shape index (κ2) is 16.4. The maximum absolute atomic E-state index is 16.2. The molecule has 0 aromatic heterocycles. The van der Waals surface area contributed by atoms with Crippen LogP contribution in [0.3, 0.4) is 0 Å². The van der Waals surface area contributed by atoms with Crippen molar-refractivity contribution in [2.45, 2.75) is 79.1 Å². The normalized spacial score (nSPS) is 24.6. The molecule has 3 saturated heterocycles. The number of halogens is 2. The van der Waals surface area contributed by atoms with E-state index in [1.165, 1.54) is 31.1 Å². The Morgan fingerprint density at radius 1 is 1.02 bits per heavy atom. The van der Waals surface area contributed by atoms with E-state index in [0.717, 1.165) is 30.5 Å². The molecule has 11 nitrogen and oxygen atoms in total. The first-order valence-electron chi connectivity index (χ1n) is 19.0. The van der Waals surface area contributed by atoms with Crippen molar-refractivity contribution >= 4 is 33.4 Å². The topological polar surface area (TPSA) is 128 Å². The zero-order valence-electron chi connectivity index (χ0n) is 31.3. The Bertz CT molecular complexity index is 1800. The first-order valence-corrected chi connectivity index (χ1v) is 20.6. The minimum Gasteiger partial charge on any atom is -0.453 e. The van der Waals surface area contributed by atoms with Crippen LogP contribution >= 0.6 is 0 Å². The molecule has 1 aliphatic carbocycles. The maximum Gasteiger partial charge on any atom is 0.407 e. The molecule has 6 rings (SSSR count). The number of alkyl halides is 1. The van der Waals surface area contributed by atoms with Crippen molar-refractivity contribution in [1.29, 1.82) is 0 Å². The minimum atomic E-state index is -3.66. The molecule has 2 aromatic rings. The van der Waals surface area contributed by atoms with Gasteiger partial charge in [0.15, 0.2) is 15.5 Å². The molecule has 0 radical (unpaired) electrons. The fourth-order valence-electron chi connectivity index (χ4n) is 9.63. The van der Waals surface area contributed by atoms with Gasteiger partial charge in [-0.2, -0.15) is 0 Å². The molecule has 54 heavy (non-hydrogen) atoms. The Kier molecular flexibility index (Phi) is 12.0. The number of methoxy groups -OCH3 is 1. The van der Waals surface area contributed by atoms with E-state index in [0.29, 0.717) is 45.3 Å². The average molecular weight is 770 g/mol. The molecule has 2 aromatic carbocycles. The number of likely N-dealkylation sites (tertiary alicyclic amines) is 2. The van der Waals surface area contributed by atoms with Gasteiger partial charge in [-0.1, -0.05) is 25.1 Å². The van der Waals surface area contributed by atoms with E-state index in [1.807, 2.05) is 11.0 Å². The number of nitrogens with one attached hydrogen (secondary N) is 2. The molecule has 4 aliphatic rings. The van der Waals surface area contributed by atoms with Gasteiger partial charge in [0.1, 0.15) is 5.82 Å². The fourth-order valence-corrected chi connectivity index (χ4v) is 11.4. The molecule has 3 amide bonds. The molecular weight excluding hydrogens is 717 g/mol. The Labute approximate surface area is 317 Å². The number of hydrogen-bond donors (Lipinski definition) is 2. The van der Waals surface area contributed by atoms with Gasteiger partial charge in [-0.25, -0.2) is 22.0 Å². The molecular formula is C40H53F2N5O6S. The zero-order valence-corrected chi connectivity index (χ0v) is 32.1. The zero-order chi connectivity index (χ0) is 38.7. The second-order valence-electron chi connectivity index (χ2n) is 15.6. The first-order chi connectivity index (χ1) is 25.8. The number of hydrogen-bond acceptors (Lipinski definition) is 8. The van der Waals surface area contributed by atoms with E-state index in [1.54, 1.807) is 36.4 Å². The molecule has 1 saturated carbocycles. The number of anilines is 1. The lowest BCUT2D eigenvalue weighted by atomic mass is 9.58. The second-order valence-corrected chi connectivity index (χ2v) is 17.8. The summed E-state index contributed by atoms with van der Waals surface area (Å²) >= 11 is 0. The van der Waals surface area contributed by atoms with Crippen LogP contribution in [0.2, 0.25) is 0 Å². The Hall–Kier alpha value is -4.04. The van der Waals surface area contributed by atoms with E-state index in [9.17, 15) is 27.2 Å². The summed E-state index contributed by atoms with van der Waals surface area (Å²) in [4.78, 5) is 42.6. The Morgan fingerprint density at radius 3 is 2.39 bits per heavy atom. The van der Waals surface area contributed by atoms with Crippen molar-refractivity contribution in [3.05, 3.63) is 72.6 Å². The lowest BCUT2D eigenvalue weighted by Gasteiger charge is -2.52. The van der Waals surface area contributed by atoms with Crippen LogP contribution < -0.4 is 15.5 Å². The molecule has 294 valence electrons. The monoisotopic (exact) mass is 769 g/mol. The number of rotatable bonds is 12. The smallest absolute Gasteiger partial charge is 0.407 e.